The average molecular weight is 361 g/mol. The highest BCUT2D eigenvalue weighted by Crippen LogP contribution is 2.08. The molecule has 0 radical (unpaired) electrons. The minimum atomic E-state index is -0.537. The Morgan fingerprint density at radius 1 is 1.22 bits per heavy atom. The van der Waals surface area contributed by atoms with Crippen LogP contribution in [0.4, 0.5) is 0 Å². The zero-order valence-electron chi connectivity index (χ0n) is 10.6. The molecule has 98 valence electrons. The van der Waals surface area contributed by atoms with Crippen LogP contribution in [0.3, 0.4) is 0 Å². The van der Waals surface area contributed by atoms with Gasteiger partial charge in [-0.1, -0.05) is 0 Å². The summed E-state index contributed by atoms with van der Waals surface area (Å²) in [7, 11) is 0. The first-order valence-corrected chi connectivity index (χ1v) is 6.61. The molecule has 0 aliphatic heterocycles. The van der Waals surface area contributed by atoms with Gasteiger partial charge < -0.3 is 10.1 Å². The third-order valence-electron chi connectivity index (χ3n) is 1.92. The Bertz CT molecular complexity index is 435. The van der Waals surface area contributed by atoms with Crippen molar-refractivity contribution in [1.29, 1.82) is 0 Å². The maximum atomic E-state index is 11.7. The SMILES string of the molecule is CC(C)(C)OC(=O)CNC(=O)c1ccc(I)cc1. The van der Waals surface area contributed by atoms with Crippen LogP contribution in [0, 0.1) is 3.57 Å². The number of ether oxygens (including phenoxy) is 1. The van der Waals surface area contributed by atoms with Gasteiger partial charge in [-0.15, -0.1) is 0 Å². The molecule has 1 N–H and O–H groups in total. The molecule has 0 bridgehead atoms. The van der Waals surface area contributed by atoms with E-state index < -0.39 is 11.6 Å². The van der Waals surface area contributed by atoms with Crippen LogP contribution in [-0.4, -0.2) is 24.0 Å². The molecule has 0 aliphatic rings. The van der Waals surface area contributed by atoms with E-state index in [9.17, 15) is 9.59 Å². The van der Waals surface area contributed by atoms with Gasteiger partial charge in [0.05, 0.1) is 0 Å². The van der Waals surface area contributed by atoms with Gasteiger partial charge in [-0.05, 0) is 67.6 Å². The second kappa shape index (κ2) is 6.17. The summed E-state index contributed by atoms with van der Waals surface area (Å²) in [6.45, 7) is 5.23. The van der Waals surface area contributed by atoms with Crippen LogP contribution in [-0.2, 0) is 9.53 Å². The molecule has 0 atom stereocenters. The summed E-state index contributed by atoms with van der Waals surface area (Å²) in [6, 6.07) is 7.10. The van der Waals surface area contributed by atoms with E-state index in [4.69, 9.17) is 4.74 Å². The summed E-state index contributed by atoms with van der Waals surface area (Å²) < 4.78 is 6.14. The minimum Gasteiger partial charge on any atom is -0.459 e. The second-order valence-electron chi connectivity index (χ2n) is 4.78. The highest BCUT2D eigenvalue weighted by Gasteiger charge is 2.16. The topological polar surface area (TPSA) is 55.4 Å². The fraction of sp³-hybridized carbons (Fsp3) is 0.385. The molecule has 0 saturated heterocycles. The Morgan fingerprint density at radius 2 is 1.78 bits per heavy atom. The molecule has 0 fully saturated rings. The lowest BCUT2D eigenvalue weighted by atomic mass is 10.2. The van der Waals surface area contributed by atoms with Crippen molar-refractivity contribution >= 4 is 34.5 Å². The van der Waals surface area contributed by atoms with E-state index in [1.54, 1.807) is 32.9 Å². The van der Waals surface area contributed by atoms with E-state index in [0.717, 1.165) is 3.57 Å². The van der Waals surface area contributed by atoms with Gasteiger partial charge in [0, 0.05) is 9.13 Å². The van der Waals surface area contributed by atoms with Crippen LogP contribution in [0.25, 0.3) is 0 Å². The van der Waals surface area contributed by atoms with Crippen LogP contribution in [0.15, 0.2) is 24.3 Å². The van der Waals surface area contributed by atoms with Crippen molar-refractivity contribution < 1.29 is 14.3 Å². The maximum absolute atomic E-state index is 11.7. The van der Waals surface area contributed by atoms with Gasteiger partial charge in [-0.3, -0.25) is 9.59 Å². The summed E-state index contributed by atoms with van der Waals surface area (Å²) in [5.41, 5.74) is -0.0102. The standard InChI is InChI=1S/C13H16INO3/c1-13(2,3)18-11(16)8-15-12(17)9-4-6-10(14)7-5-9/h4-7H,8H2,1-3H3,(H,15,17). The van der Waals surface area contributed by atoms with Crippen molar-refractivity contribution in [3.63, 3.8) is 0 Å². The largest absolute Gasteiger partial charge is 0.459 e. The summed E-state index contributed by atoms with van der Waals surface area (Å²) in [6.07, 6.45) is 0. The third-order valence-corrected chi connectivity index (χ3v) is 2.64. The minimum absolute atomic E-state index is 0.123. The molecule has 1 amide bonds. The lowest BCUT2D eigenvalue weighted by Crippen LogP contribution is -2.34. The van der Waals surface area contributed by atoms with Gasteiger partial charge >= 0.3 is 5.97 Å². The van der Waals surface area contributed by atoms with E-state index in [1.165, 1.54) is 0 Å². The first-order valence-electron chi connectivity index (χ1n) is 5.53. The fourth-order valence-corrected chi connectivity index (χ4v) is 1.59. The lowest BCUT2D eigenvalue weighted by molar-refractivity contribution is -0.153. The molecular weight excluding hydrogens is 345 g/mol. The number of amides is 1. The molecule has 0 spiro atoms. The Morgan fingerprint density at radius 3 is 2.28 bits per heavy atom. The van der Waals surface area contributed by atoms with Crippen molar-refractivity contribution in [2.45, 2.75) is 26.4 Å². The molecule has 0 heterocycles. The number of hydrogen-bond donors (Lipinski definition) is 1. The molecule has 4 nitrogen and oxygen atoms in total. The molecule has 0 unspecified atom stereocenters. The number of carbonyl (C=O) groups excluding carboxylic acids is 2. The highest BCUT2D eigenvalue weighted by atomic mass is 127. The fourth-order valence-electron chi connectivity index (χ4n) is 1.23. The Labute approximate surface area is 120 Å². The third kappa shape index (κ3) is 5.48. The predicted molar refractivity (Wildman–Crippen MR) is 77.3 cm³/mol. The van der Waals surface area contributed by atoms with Crippen molar-refractivity contribution in [2.24, 2.45) is 0 Å². The van der Waals surface area contributed by atoms with Gasteiger partial charge in [0.15, 0.2) is 0 Å². The van der Waals surface area contributed by atoms with Gasteiger partial charge in [0.25, 0.3) is 5.91 Å². The van der Waals surface area contributed by atoms with Crippen LogP contribution < -0.4 is 5.32 Å². The summed E-state index contributed by atoms with van der Waals surface area (Å²) in [5, 5.41) is 2.52. The van der Waals surface area contributed by atoms with E-state index in [-0.39, 0.29) is 12.5 Å². The number of hydrogen-bond acceptors (Lipinski definition) is 3. The molecule has 0 aliphatic carbocycles. The average Bonchev–Trinajstić information content (AvgIpc) is 2.24. The zero-order valence-corrected chi connectivity index (χ0v) is 12.8. The predicted octanol–water partition coefficient (Wildman–Crippen LogP) is 2.36. The van der Waals surface area contributed by atoms with E-state index in [1.807, 2.05) is 12.1 Å². The van der Waals surface area contributed by atoms with Crippen molar-refractivity contribution in [3.05, 3.63) is 33.4 Å². The zero-order chi connectivity index (χ0) is 13.8. The maximum Gasteiger partial charge on any atom is 0.325 e. The lowest BCUT2D eigenvalue weighted by Gasteiger charge is -2.19. The molecule has 5 heteroatoms. The van der Waals surface area contributed by atoms with E-state index >= 15 is 0 Å². The Balaban J connectivity index is 2.47. The number of benzene rings is 1. The summed E-state index contributed by atoms with van der Waals surface area (Å²) in [5.74, 6) is -0.723. The first-order chi connectivity index (χ1) is 8.28. The quantitative estimate of drug-likeness (QED) is 0.664. The molecule has 1 aromatic rings. The van der Waals surface area contributed by atoms with Crippen LogP contribution in [0.1, 0.15) is 31.1 Å². The molecule has 1 aromatic carbocycles. The van der Waals surface area contributed by atoms with Crippen LogP contribution >= 0.6 is 22.6 Å². The number of esters is 1. The molecule has 1 rings (SSSR count). The number of nitrogens with one attached hydrogen (secondary N) is 1. The monoisotopic (exact) mass is 361 g/mol. The number of halogens is 1. The molecule has 18 heavy (non-hydrogen) atoms. The molecule has 0 aromatic heterocycles. The van der Waals surface area contributed by atoms with E-state index in [2.05, 4.69) is 27.9 Å². The smallest absolute Gasteiger partial charge is 0.325 e. The normalized spacial score (nSPS) is 10.9. The summed E-state index contributed by atoms with van der Waals surface area (Å²) in [4.78, 5) is 23.1. The van der Waals surface area contributed by atoms with Crippen LogP contribution in [0.2, 0.25) is 0 Å². The van der Waals surface area contributed by atoms with E-state index in [0.29, 0.717) is 5.56 Å². The highest BCUT2D eigenvalue weighted by molar-refractivity contribution is 14.1. The van der Waals surface area contributed by atoms with Gasteiger partial charge in [-0.25, -0.2) is 0 Å². The van der Waals surface area contributed by atoms with Gasteiger partial charge in [0.1, 0.15) is 12.1 Å². The van der Waals surface area contributed by atoms with Crippen molar-refractivity contribution in [3.8, 4) is 0 Å². The summed E-state index contributed by atoms with van der Waals surface area (Å²) >= 11 is 2.16. The van der Waals surface area contributed by atoms with Crippen LogP contribution in [0.5, 0.6) is 0 Å². The van der Waals surface area contributed by atoms with Crippen molar-refractivity contribution in [2.75, 3.05) is 6.54 Å². The van der Waals surface area contributed by atoms with Gasteiger partial charge in [0.2, 0.25) is 0 Å². The molecule has 0 saturated carbocycles. The number of rotatable bonds is 3. The molecular formula is C13H16INO3. The first kappa shape index (κ1) is 14.9. The Kier molecular flexibility index (Phi) is 5.13. The van der Waals surface area contributed by atoms with Crippen molar-refractivity contribution in [1.82, 2.24) is 5.32 Å². The Hall–Kier alpha value is -1.11. The second-order valence-corrected chi connectivity index (χ2v) is 6.02. The van der Waals surface area contributed by atoms with Gasteiger partial charge in [-0.2, -0.15) is 0 Å². The number of carbonyl (C=O) groups is 2.